The molecule has 1 saturated heterocycles. The molecule has 2 unspecified atom stereocenters. The van der Waals surface area contributed by atoms with E-state index in [0.29, 0.717) is 23.8 Å². The number of nitrogens with zero attached hydrogens (tertiary/aromatic N) is 4. The lowest BCUT2D eigenvalue weighted by Gasteiger charge is -2.47. The molecular weight excluding hydrogens is 468 g/mol. The van der Waals surface area contributed by atoms with Crippen LogP contribution in [0, 0.1) is 5.92 Å². The van der Waals surface area contributed by atoms with Gasteiger partial charge in [-0.15, -0.1) is 0 Å². The van der Waals surface area contributed by atoms with Crippen molar-refractivity contribution in [2.24, 2.45) is 5.92 Å². The Morgan fingerprint density at radius 3 is 2.58 bits per heavy atom. The number of benzene rings is 1. The van der Waals surface area contributed by atoms with Crippen LogP contribution < -0.4 is 0 Å². The molecule has 0 spiro atoms. The molecule has 5 rings (SSSR count). The topological polar surface area (TPSA) is 41.4 Å². The molecule has 1 amide bonds. The number of aromatic nitrogens is 2. The van der Waals surface area contributed by atoms with Crippen LogP contribution in [0.2, 0.25) is 0 Å². The number of hydrogen-bond acceptors (Lipinski definition) is 3. The number of hydrogen-bond donors (Lipinski definition) is 0. The Labute approximate surface area is 229 Å². The molecule has 1 fully saturated rings. The highest BCUT2D eigenvalue weighted by atomic mass is 16.2. The van der Waals surface area contributed by atoms with Crippen molar-refractivity contribution < 1.29 is 4.79 Å². The van der Waals surface area contributed by atoms with Crippen molar-refractivity contribution in [3.05, 3.63) is 65.6 Å². The monoisotopic (exact) mass is 514 g/mol. The van der Waals surface area contributed by atoms with Crippen LogP contribution >= 0.6 is 0 Å². The molecule has 5 heteroatoms. The second kappa shape index (κ2) is 12.0. The van der Waals surface area contributed by atoms with E-state index in [1.54, 1.807) is 0 Å². The number of likely N-dealkylation sites (tertiary alicyclic amines) is 1. The molecule has 5 nitrogen and oxygen atoms in total. The molecule has 3 heterocycles. The largest absolute Gasteiger partial charge is 0.347 e. The lowest BCUT2D eigenvalue weighted by molar-refractivity contribution is -0.137. The summed E-state index contributed by atoms with van der Waals surface area (Å²) in [5.41, 5.74) is 5.65. The number of rotatable bonds is 11. The van der Waals surface area contributed by atoms with Crippen molar-refractivity contribution in [1.82, 2.24) is 19.4 Å². The predicted octanol–water partition coefficient (Wildman–Crippen LogP) is 6.62. The number of amides is 1. The molecule has 1 aromatic carbocycles. The minimum Gasteiger partial charge on any atom is -0.347 e. The fourth-order valence-corrected chi connectivity index (χ4v) is 7.12. The number of unbranched alkanes of at least 4 members (excludes halogenated alkanes) is 2. The summed E-state index contributed by atoms with van der Waals surface area (Å²) in [7, 11) is 2.02. The summed E-state index contributed by atoms with van der Waals surface area (Å²) in [6, 6.07) is 11.6. The van der Waals surface area contributed by atoms with E-state index >= 15 is 0 Å². The minimum absolute atomic E-state index is 0.0482. The van der Waals surface area contributed by atoms with Gasteiger partial charge < -0.3 is 9.47 Å². The van der Waals surface area contributed by atoms with Crippen LogP contribution in [0.25, 0.3) is 10.9 Å². The molecule has 0 bridgehead atoms. The van der Waals surface area contributed by atoms with Crippen molar-refractivity contribution in [2.45, 2.75) is 90.1 Å². The molecule has 3 aromatic rings. The van der Waals surface area contributed by atoms with Gasteiger partial charge in [0, 0.05) is 74.1 Å². The molecule has 0 saturated carbocycles. The van der Waals surface area contributed by atoms with Gasteiger partial charge >= 0.3 is 0 Å². The molecule has 0 radical (unpaired) electrons. The molecule has 38 heavy (non-hydrogen) atoms. The molecular formula is C33H46N4O. The van der Waals surface area contributed by atoms with Gasteiger partial charge in [0.25, 0.3) is 0 Å². The predicted molar refractivity (Wildman–Crippen MR) is 157 cm³/mol. The maximum atomic E-state index is 14.0. The Kier molecular flexibility index (Phi) is 8.52. The first-order valence-corrected chi connectivity index (χ1v) is 15.0. The maximum Gasteiger partial charge on any atom is 0.226 e. The molecule has 4 atom stereocenters. The van der Waals surface area contributed by atoms with Crippen molar-refractivity contribution in [3.8, 4) is 0 Å². The van der Waals surface area contributed by atoms with Gasteiger partial charge in [0.2, 0.25) is 5.91 Å². The van der Waals surface area contributed by atoms with Gasteiger partial charge in [-0.05, 0) is 73.5 Å². The molecule has 1 aliphatic heterocycles. The fourth-order valence-electron chi connectivity index (χ4n) is 7.12. The van der Waals surface area contributed by atoms with Crippen LogP contribution in [0.1, 0.15) is 87.8 Å². The smallest absolute Gasteiger partial charge is 0.226 e. The van der Waals surface area contributed by atoms with Crippen LogP contribution in [0.4, 0.5) is 0 Å². The van der Waals surface area contributed by atoms with Crippen LogP contribution in [-0.2, 0) is 17.8 Å². The first-order valence-electron chi connectivity index (χ1n) is 15.0. The van der Waals surface area contributed by atoms with Gasteiger partial charge in [-0.1, -0.05) is 45.7 Å². The molecule has 1 aliphatic carbocycles. The Morgan fingerprint density at radius 2 is 1.84 bits per heavy atom. The van der Waals surface area contributed by atoms with Crippen molar-refractivity contribution in [3.63, 3.8) is 0 Å². The summed E-state index contributed by atoms with van der Waals surface area (Å²) < 4.78 is 2.49. The normalized spacial score (nSPS) is 21.8. The SMILES string of the molecule is CCCCN1C[C@H](C(=O)N(C)CC(CC)c2ccncc2)CC2c3cccc4c3c(cn4CCCC)C[C@H]21. The minimum atomic E-state index is 0.0482. The third-order valence-electron chi connectivity index (χ3n) is 9.21. The van der Waals surface area contributed by atoms with E-state index in [1.165, 1.54) is 53.3 Å². The Morgan fingerprint density at radius 1 is 1.08 bits per heavy atom. The van der Waals surface area contributed by atoms with Crippen LogP contribution in [0.5, 0.6) is 0 Å². The number of carbonyl (C=O) groups excluding carboxylic acids is 1. The highest BCUT2D eigenvalue weighted by Gasteiger charge is 2.43. The second-order valence-electron chi connectivity index (χ2n) is 11.7. The van der Waals surface area contributed by atoms with Crippen molar-refractivity contribution >= 4 is 16.8 Å². The molecule has 2 aliphatic rings. The summed E-state index contributed by atoms with van der Waals surface area (Å²) >= 11 is 0. The highest BCUT2D eigenvalue weighted by Crippen LogP contribution is 2.46. The quantitative estimate of drug-likeness (QED) is 0.289. The van der Waals surface area contributed by atoms with E-state index < -0.39 is 0 Å². The average Bonchev–Trinajstić information content (AvgIpc) is 3.31. The molecule has 0 N–H and O–H groups in total. The van der Waals surface area contributed by atoms with Crippen LogP contribution in [0.15, 0.2) is 48.9 Å². The first-order chi connectivity index (χ1) is 18.5. The van der Waals surface area contributed by atoms with Gasteiger partial charge in [0.15, 0.2) is 0 Å². The maximum absolute atomic E-state index is 14.0. The lowest BCUT2D eigenvalue weighted by Crippen LogP contribution is -2.53. The van der Waals surface area contributed by atoms with Crippen LogP contribution in [0.3, 0.4) is 0 Å². The number of fused-ring (bicyclic) bond motifs is 2. The average molecular weight is 515 g/mol. The Hall–Kier alpha value is -2.66. The third kappa shape index (κ3) is 5.27. The zero-order chi connectivity index (χ0) is 26.6. The van der Waals surface area contributed by atoms with E-state index in [4.69, 9.17) is 0 Å². The van der Waals surface area contributed by atoms with Gasteiger partial charge in [0.1, 0.15) is 0 Å². The zero-order valence-corrected chi connectivity index (χ0v) is 23.9. The summed E-state index contributed by atoms with van der Waals surface area (Å²) in [5.74, 6) is 1.12. The van der Waals surface area contributed by atoms with Crippen molar-refractivity contribution in [1.29, 1.82) is 0 Å². The van der Waals surface area contributed by atoms with Crippen molar-refractivity contribution in [2.75, 3.05) is 26.7 Å². The highest BCUT2D eigenvalue weighted by molar-refractivity contribution is 5.89. The number of pyridine rings is 1. The molecule has 204 valence electrons. The van der Waals surface area contributed by atoms with Gasteiger partial charge in [0.05, 0.1) is 5.92 Å². The van der Waals surface area contributed by atoms with Gasteiger partial charge in [-0.2, -0.15) is 0 Å². The Balaban J connectivity index is 1.41. The Bertz CT molecular complexity index is 1220. The number of carbonyl (C=O) groups is 1. The second-order valence-corrected chi connectivity index (χ2v) is 11.7. The summed E-state index contributed by atoms with van der Waals surface area (Å²) in [4.78, 5) is 22.9. The van der Waals surface area contributed by atoms with E-state index in [9.17, 15) is 4.79 Å². The molecule has 2 aromatic heterocycles. The van der Waals surface area contributed by atoms with E-state index in [2.05, 4.69) is 71.8 Å². The summed E-state index contributed by atoms with van der Waals surface area (Å²) in [5, 5.41) is 1.48. The fraction of sp³-hybridized carbons (Fsp3) is 0.576. The van der Waals surface area contributed by atoms with Crippen LogP contribution in [-0.4, -0.2) is 58.0 Å². The van der Waals surface area contributed by atoms with E-state index in [0.717, 1.165) is 45.4 Å². The zero-order valence-electron chi connectivity index (χ0n) is 23.9. The van der Waals surface area contributed by atoms with E-state index in [1.807, 2.05) is 24.3 Å². The number of piperidine rings is 1. The third-order valence-corrected chi connectivity index (χ3v) is 9.21. The summed E-state index contributed by atoms with van der Waals surface area (Å²) in [6.07, 6.45) is 14.0. The van der Waals surface area contributed by atoms with Gasteiger partial charge in [-0.25, -0.2) is 0 Å². The lowest BCUT2D eigenvalue weighted by atomic mass is 9.72. The van der Waals surface area contributed by atoms with E-state index in [-0.39, 0.29) is 5.92 Å². The number of likely N-dealkylation sites (N-methyl/N-ethyl adjacent to an activating group) is 1. The number of aryl methyl sites for hydroxylation is 1. The van der Waals surface area contributed by atoms with Gasteiger partial charge in [-0.3, -0.25) is 14.7 Å². The standard InChI is InChI=1S/C33H46N4O/c1-5-8-17-36-22-26-20-31-29(28-11-10-12-30(36)32(26)28)19-27(23-37(31)18-9-6-2)33(38)35(4)21-24(7-3)25-13-15-34-16-14-25/h10-16,22,24,27,29,31H,5-9,17-21,23H2,1-4H3/t24?,27-,29?,31-/m1/s1. The first kappa shape index (κ1) is 26.9. The summed E-state index contributed by atoms with van der Waals surface area (Å²) in [6.45, 7) is 10.6.